The summed E-state index contributed by atoms with van der Waals surface area (Å²) >= 11 is 0. The Balaban J connectivity index is 1.93. The van der Waals surface area contributed by atoms with Crippen molar-refractivity contribution in [1.82, 2.24) is 15.1 Å². The zero-order valence-electron chi connectivity index (χ0n) is 24.1. The smallest absolute Gasteiger partial charge is 0.308 e. The van der Waals surface area contributed by atoms with E-state index < -0.39 is 5.60 Å². The van der Waals surface area contributed by atoms with Gasteiger partial charge in [0.1, 0.15) is 17.1 Å². The summed E-state index contributed by atoms with van der Waals surface area (Å²) < 4.78 is 18.8. The van der Waals surface area contributed by atoms with Crippen LogP contribution in [0.2, 0.25) is 0 Å². The molecule has 1 unspecified atom stereocenters. The second-order valence-corrected chi connectivity index (χ2v) is 11.7. The highest BCUT2D eigenvalue weighted by Gasteiger charge is 2.27. The molecular formula is C30H45N3O5. The van der Waals surface area contributed by atoms with Crippen molar-refractivity contribution in [3.63, 3.8) is 0 Å². The van der Waals surface area contributed by atoms with E-state index in [9.17, 15) is 9.59 Å². The van der Waals surface area contributed by atoms with Crippen molar-refractivity contribution in [2.75, 3.05) is 14.2 Å². The Morgan fingerprint density at radius 2 is 1.71 bits per heavy atom. The summed E-state index contributed by atoms with van der Waals surface area (Å²) in [6.07, 6.45) is 6.76. The minimum Gasteiger partial charge on any atom is -0.496 e. The molecule has 1 aliphatic carbocycles. The molecule has 8 nitrogen and oxygen atoms in total. The summed E-state index contributed by atoms with van der Waals surface area (Å²) in [5.41, 5.74) is 1.28. The molecule has 1 amide bonds. The predicted octanol–water partition coefficient (Wildman–Crippen LogP) is 6.02. The number of methoxy groups -OCH3 is 2. The molecule has 38 heavy (non-hydrogen) atoms. The summed E-state index contributed by atoms with van der Waals surface area (Å²) in [5.74, 6) is 1.47. The van der Waals surface area contributed by atoms with Gasteiger partial charge in [0.05, 0.1) is 31.9 Å². The summed E-state index contributed by atoms with van der Waals surface area (Å²) in [6.45, 7) is 10.4. The van der Waals surface area contributed by atoms with E-state index in [1.165, 1.54) is 19.3 Å². The van der Waals surface area contributed by atoms with Crippen molar-refractivity contribution >= 4 is 11.9 Å². The molecule has 3 rings (SSSR count). The van der Waals surface area contributed by atoms with Gasteiger partial charge in [-0.15, -0.1) is 0 Å². The number of nitrogens with one attached hydrogen (secondary N) is 1. The number of nitrogens with zero attached hydrogens (tertiary/aromatic N) is 2. The van der Waals surface area contributed by atoms with Crippen LogP contribution >= 0.6 is 0 Å². The van der Waals surface area contributed by atoms with Crippen LogP contribution in [0, 0.1) is 11.8 Å². The van der Waals surface area contributed by atoms with Gasteiger partial charge in [-0.25, -0.2) is 0 Å². The van der Waals surface area contributed by atoms with Gasteiger partial charge < -0.3 is 19.5 Å². The Labute approximate surface area is 227 Å². The van der Waals surface area contributed by atoms with Crippen LogP contribution in [0.1, 0.15) is 90.1 Å². The maximum absolute atomic E-state index is 13.5. The first-order chi connectivity index (χ1) is 18.0. The molecule has 2 aromatic rings. The average molecular weight is 528 g/mol. The van der Waals surface area contributed by atoms with Gasteiger partial charge in [0.2, 0.25) is 0 Å². The average Bonchev–Trinajstić information content (AvgIpc) is 3.25. The van der Waals surface area contributed by atoms with Crippen molar-refractivity contribution in [3.05, 3.63) is 30.0 Å². The van der Waals surface area contributed by atoms with Crippen molar-refractivity contribution in [1.29, 1.82) is 0 Å². The summed E-state index contributed by atoms with van der Waals surface area (Å²) in [6, 6.07) is 7.09. The lowest BCUT2D eigenvalue weighted by molar-refractivity contribution is -0.155. The zero-order valence-corrected chi connectivity index (χ0v) is 24.1. The van der Waals surface area contributed by atoms with E-state index in [1.54, 1.807) is 20.3 Å². The Morgan fingerprint density at radius 1 is 1.08 bits per heavy atom. The first-order valence-electron chi connectivity index (χ1n) is 13.8. The number of benzene rings is 1. The van der Waals surface area contributed by atoms with E-state index >= 15 is 0 Å². The third-order valence-electron chi connectivity index (χ3n) is 6.78. The van der Waals surface area contributed by atoms with Crippen molar-refractivity contribution in [2.45, 2.75) is 97.8 Å². The van der Waals surface area contributed by atoms with E-state index in [2.05, 4.69) is 19.2 Å². The lowest BCUT2D eigenvalue weighted by Crippen LogP contribution is -2.39. The van der Waals surface area contributed by atoms with Crippen LogP contribution in [-0.4, -0.2) is 47.5 Å². The molecule has 1 aromatic carbocycles. The molecule has 210 valence electrons. The number of carbonyl (C=O) groups excluding carboxylic acids is 2. The largest absolute Gasteiger partial charge is 0.496 e. The first kappa shape index (κ1) is 29.5. The van der Waals surface area contributed by atoms with Gasteiger partial charge in [-0.05, 0) is 70.1 Å². The molecule has 0 radical (unpaired) electrons. The molecule has 1 saturated carbocycles. The van der Waals surface area contributed by atoms with Crippen LogP contribution in [-0.2, 0) is 16.1 Å². The van der Waals surface area contributed by atoms with Crippen LogP contribution in [0.4, 0.5) is 0 Å². The van der Waals surface area contributed by atoms with E-state index in [0.29, 0.717) is 35.4 Å². The molecule has 0 saturated heterocycles. The number of ether oxygens (including phenoxy) is 3. The van der Waals surface area contributed by atoms with Gasteiger partial charge in [-0.1, -0.05) is 39.2 Å². The number of carbonyl (C=O) groups is 2. The fourth-order valence-corrected chi connectivity index (χ4v) is 5.19. The standard InChI is InChI=1S/C30H45N3O5/c1-20(2)16-22(17-27(34)38-30(3,4)5)31-29(35)23-18-24(28-25(36-6)14-11-15-26(28)37-7)33(32-23)19-21-12-9-8-10-13-21/h11,14-15,18,20-22H,8-10,12-13,16-17,19H2,1-7H3,(H,31,35). The van der Waals surface area contributed by atoms with E-state index in [4.69, 9.17) is 19.3 Å². The molecule has 1 heterocycles. The monoisotopic (exact) mass is 527 g/mol. The molecule has 0 aliphatic heterocycles. The topological polar surface area (TPSA) is 91.7 Å². The zero-order chi connectivity index (χ0) is 27.9. The predicted molar refractivity (Wildman–Crippen MR) is 149 cm³/mol. The number of rotatable bonds is 11. The minimum absolute atomic E-state index is 0.108. The third kappa shape index (κ3) is 8.23. The molecule has 1 N–H and O–H groups in total. The summed E-state index contributed by atoms with van der Waals surface area (Å²) in [5, 5.41) is 7.84. The van der Waals surface area contributed by atoms with E-state index in [1.807, 2.05) is 43.7 Å². The van der Waals surface area contributed by atoms with Crippen molar-refractivity contribution in [2.24, 2.45) is 11.8 Å². The lowest BCUT2D eigenvalue weighted by atomic mass is 9.89. The highest BCUT2D eigenvalue weighted by molar-refractivity contribution is 5.94. The molecule has 1 fully saturated rings. The van der Waals surface area contributed by atoms with E-state index in [-0.39, 0.29) is 24.3 Å². The van der Waals surface area contributed by atoms with Gasteiger partial charge in [0.25, 0.3) is 5.91 Å². The maximum Gasteiger partial charge on any atom is 0.308 e. The molecular weight excluding hydrogens is 482 g/mol. The molecule has 0 spiro atoms. The van der Waals surface area contributed by atoms with Crippen LogP contribution < -0.4 is 14.8 Å². The second kappa shape index (κ2) is 13.2. The fraction of sp³-hybridized carbons (Fsp3) is 0.633. The lowest BCUT2D eigenvalue weighted by Gasteiger charge is -2.23. The quantitative estimate of drug-likeness (QED) is 0.359. The molecule has 1 aromatic heterocycles. The maximum atomic E-state index is 13.5. The van der Waals surface area contributed by atoms with Crippen LogP contribution in [0.15, 0.2) is 24.3 Å². The first-order valence-corrected chi connectivity index (χ1v) is 13.8. The van der Waals surface area contributed by atoms with Gasteiger partial charge in [-0.3, -0.25) is 14.3 Å². The van der Waals surface area contributed by atoms with Gasteiger partial charge in [0.15, 0.2) is 5.69 Å². The number of esters is 1. The van der Waals surface area contributed by atoms with E-state index in [0.717, 1.165) is 30.6 Å². The van der Waals surface area contributed by atoms with Crippen LogP contribution in [0.3, 0.4) is 0 Å². The number of amides is 1. The summed E-state index contributed by atoms with van der Waals surface area (Å²) in [7, 11) is 3.25. The number of hydrogen-bond donors (Lipinski definition) is 1. The number of aromatic nitrogens is 2. The third-order valence-corrected chi connectivity index (χ3v) is 6.78. The van der Waals surface area contributed by atoms with Crippen LogP contribution in [0.5, 0.6) is 11.5 Å². The highest BCUT2D eigenvalue weighted by atomic mass is 16.6. The molecule has 1 atom stereocenters. The Bertz CT molecular complexity index is 1060. The van der Waals surface area contributed by atoms with Crippen molar-refractivity contribution < 1.29 is 23.8 Å². The SMILES string of the molecule is COc1cccc(OC)c1-c1cc(C(=O)NC(CC(=O)OC(C)(C)C)CC(C)C)nn1CC1CCCCC1. The minimum atomic E-state index is -0.579. The number of hydrogen-bond acceptors (Lipinski definition) is 6. The van der Waals surface area contributed by atoms with Crippen molar-refractivity contribution in [3.8, 4) is 22.8 Å². The van der Waals surface area contributed by atoms with Gasteiger partial charge >= 0.3 is 5.97 Å². The Kier molecular flexibility index (Phi) is 10.2. The van der Waals surface area contributed by atoms with Gasteiger partial charge in [0, 0.05) is 12.6 Å². The second-order valence-electron chi connectivity index (χ2n) is 11.7. The van der Waals surface area contributed by atoms with Gasteiger partial charge in [-0.2, -0.15) is 5.10 Å². The van der Waals surface area contributed by atoms with Crippen LogP contribution in [0.25, 0.3) is 11.3 Å². The Morgan fingerprint density at radius 3 is 2.26 bits per heavy atom. The normalized spacial score (nSPS) is 15.3. The molecule has 0 bridgehead atoms. The Hall–Kier alpha value is -3.03. The highest BCUT2D eigenvalue weighted by Crippen LogP contribution is 2.39. The fourth-order valence-electron chi connectivity index (χ4n) is 5.19. The molecule has 8 heteroatoms. The summed E-state index contributed by atoms with van der Waals surface area (Å²) in [4.78, 5) is 26.1. The molecule has 1 aliphatic rings.